The van der Waals surface area contributed by atoms with Crippen molar-refractivity contribution in [2.75, 3.05) is 13.2 Å². The Labute approximate surface area is 149 Å². The molecule has 0 saturated heterocycles. The Kier molecular flexibility index (Phi) is 7.23. The number of hydrogen-bond acceptors (Lipinski definition) is 3. The van der Waals surface area contributed by atoms with Crippen molar-refractivity contribution in [3.05, 3.63) is 76.3 Å². The second kappa shape index (κ2) is 9.67. The number of ether oxygens (including phenoxy) is 1. The van der Waals surface area contributed by atoms with Crippen LogP contribution < -0.4 is 5.32 Å². The van der Waals surface area contributed by atoms with Crippen molar-refractivity contribution in [2.45, 2.75) is 6.42 Å². The van der Waals surface area contributed by atoms with Crippen LogP contribution in [0.1, 0.15) is 11.1 Å². The molecule has 0 bridgehead atoms. The number of nitrogens with one attached hydrogen (secondary N) is 1. The molecular weight excluding hydrogens is 370 g/mol. The molecule has 0 aliphatic heterocycles. The van der Waals surface area contributed by atoms with Crippen LogP contribution in [0.2, 0.25) is 0 Å². The summed E-state index contributed by atoms with van der Waals surface area (Å²) in [6.45, 7) is 0.223. The smallest absolute Gasteiger partial charge is 0.331 e. The van der Waals surface area contributed by atoms with E-state index in [1.807, 2.05) is 54.6 Å². The topological polar surface area (TPSA) is 55.4 Å². The highest BCUT2D eigenvalue weighted by Crippen LogP contribution is 2.17. The van der Waals surface area contributed by atoms with Gasteiger partial charge in [-0.15, -0.1) is 0 Å². The molecule has 5 heteroatoms. The van der Waals surface area contributed by atoms with E-state index in [0.717, 1.165) is 22.0 Å². The highest BCUT2D eigenvalue weighted by atomic mass is 79.9. The molecular formula is C19H18BrNO3. The van der Waals surface area contributed by atoms with Crippen molar-refractivity contribution in [1.82, 2.24) is 5.32 Å². The zero-order valence-corrected chi connectivity index (χ0v) is 14.7. The summed E-state index contributed by atoms with van der Waals surface area (Å²) in [5.74, 6) is -0.863. The van der Waals surface area contributed by atoms with Crippen LogP contribution in [0.5, 0.6) is 0 Å². The fourth-order valence-corrected chi connectivity index (χ4v) is 2.41. The summed E-state index contributed by atoms with van der Waals surface area (Å²) >= 11 is 3.39. The van der Waals surface area contributed by atoms with Gasteiger partial charge in [0, 0.05) is 17.1 Å². The quantitative estimate of drug-likeness (QED) is 0.585. The van der Waals surface area contributed by atoms with E-state index < -0.39 is 5.97 Å². The molecule has 2 rings (SSSR count). The molecule has 0 fully saturated rings. The highest BCUT2D eigenvalue weighted by molar-refractivity contribution is 9.10. The molecule has 0 aliphatic carbocycles. The average Bonchev–Trinajstić information content (AvgIpc) is 2.60. The van der Waals surface area contributed by atoms with Crippen LogP contribution in [-0.2, 0) is 20.7 Å². The first-order chi connectivity index (χ1) is 11.6. The normalized spacial score (nSPS) is 10.5. The molecule has 0 saturated carbocycles. The second-order valence-electron chi connectivity index (χ2n) is 5.05. The third-order valence-electron chi connectivity index (χ3n) is 3.23. The lowest BCUT2D eigenvalue weighted by Crippen LogP contribution is -2.30. The SMILES string of the molecule is O=C(COC(=O)/C=C/c1ccccc1Br)NCCc1ccccc1. The van der Waals surface area contributed by atoms with E-state index >= 15 is 0 Å². The lowest BCUT2D eigenvalue weighted by molar-refractivity contribution is -0.143. The summed E-state index contributed by atoms with van der Waals surface area (Å²) in [4.78, 5) is 23.3. The van der Waals surface area contributed by atoms with E-state index in [2.05, 4.69) is 21.2 Å². The van der Waals surface area contributed by atoms with Gasteiger partial charge in [-0.05, 0) is 29.7 Å². The molecule has 24 heavy (non-hydrogen) atoms. The van der Waals surface area contributed by atoms with Crippen molar-refractivity contribution >= 4 is 33.9 Å². The summed E-state index contributed by atoms with van der Waals surface area (Å²) in [6.07, 6.45) is 3.68. The lowest BCUT2D eigenvalue weighted by Gasteiger charge is -2.05. The molecule has 0 radical (unpaired) electrons. The minimum atomic E-state index is -0.552. The first-order valence-electron chi connectivity index (χ1n) is 7.55. The summed E-state index contributed by atoms with van der Waals surface area (Å²) < 4.78 is 5.80. The number of carbonyl (C=O) groups is 2. The van der Waals surface area contributed by atoms with Crippen molar-refractivity contribution < 1.29 is 14.3 Å². The largest absolute Gasteiger partial charge is 0.452 e. The maximum Gasteiger partial charge on any atom is 0.331 e. The molecule has 2 aromatic carbocycles. The Bertz CT molecular complexity index is 714. The molecule has 0 spiro atoms. The van der Waals surface area contributed by atoms with Gasteiger partial charge in [0.2, 0.25) is 0 Å². The molecule has 4 nitrogen and oxygen atoms in total. The van der Waals surface area contributed by atoms with Crippen molar-refractivity contribution in [3.63, 3.8) is 0 Å². The molecule has 0 heterocycles. The predicted octanol–water partition coefficient (Wildman–Crippen LogP) is 3.36. The van der Waals surface area contributed by atoms with Crippen LogP contribution in [0.3, 0.4) is 0 Å². The molecule has 124 valence electrons. The average molecular weight is 388 g/mol. The van der Waals surface area contributed by atoms with Gasteiger partial charge in [0.1, 0.15) is 0 Å². The Balaban J connectivity index is 1.68. The van der Waals surface area contributed by atoms with Gasteiger partial charge in [-0.3, -0.25) is 4.79 Å². The molecule has 1 N–H and O–H groups in total. The molecule has 0 unspecified atom stereocenters. The van der Waals surface area contributed by atoms with Crippen LogP contribution in [0, 0.1) is 0 Å². The predicted molar refractivity (Wildman–Crippen MR) is 97.3 cm³/mol. The number of carbonyl (C=O) groups excluding carboxylic acids is 2. The molecule has 2 aromatic rings. The molecule has 0 atom stereocenters. The van der Waals surface area contributed by atoms with Crippen LogP contribution in [0.4, 0.5) is 0 Å². The molecule has 1 amide bonds. The monoisotopic (exact) mass is 387 g/mol. The van der Waals surface area contributed by atoms with Crippen LogP contribution in [0.15, 0.2) is 65.1 Å². The second-order valence-corrected chi connectivity index (χ2v) is 5.90. The summed E-state index contributed by atoms with van der Waals surface area (Å²) in [7, 11) is 0. The summed E-state index contributed by atoms with van der Waals surface area (Å²) in [6, 6.07) is 17.4. The lowest BCUT2D eigenvalue weighted by atomic mass is 10.1. The van der Waals surface area contributed by atoms with Gasteiger partial charge in [0.15, 0.2) is 6.61 Å². The zero-order chi connectivity index (χ0) is 17.2. The fourth-order valence-electron chi connectivity index (χ4n) is 1.99. The maximum absolute atomic E-state index is 11.6. The third-order valence-corrected chi connectivity index (χ3v) is 3.95. The first-order valence-corrected chi connectivity index (χ1v) is 8.34. The Morgan fingerprint density at radius 1 is 1.04 bits per heavy atom. The fraction of sp³-hybridized carbons (Fsp3) is 0.158. The Morgan fingerprint density at radius 2 is 1.75 bits per heavy atom. The Hall–Kier alpha value is -2.40. The van der Waals surface area contributed by atoms with Gasteiger partial charge in [0.05, 0.1) is 0 Å². The number of halogens is 1. The van der Waals surface area contributed by atoms with Gasteiger partial charge < -0.3 is 10.1 Å². The van der Waals surface area contributed by atoms with E-state index in [0.29, 0.717) is 6.54 Å². The third kappa shape index (κ3) is 6.38. The van der Waals surface area contributed by atoms with Gasteiger partial charge >= 0.3 is 5.97 Å². The van der Waals surface area contributed by atoms with Crippen LogP contribution in [-0.4, -0.2) is 25.0 Å². The number of amides is 1. The number of benzene rings is 2. The van der Waals surface area contributed by atoms with Crippen LogP contribution >= 0.6 is 15.9 Å². The number of rotatable bonds is 7. The van der Waals surface area contributed by atoms with E-state index in [-0.39, 0.29) is 12.5 Å². The highest BCUT2D eigenvalue weighted by Gasteiger charge is 2.05. The standard InChI is InChI=1S/C19H18BrNO3/c20-17-9-5-4-8-16(17)10-11-19(23)24-14-18(22)21-13-12-15-6-2-1-3-7-15/h1-11H,12-14H2,(H,21,22)/b11-10+. The van der Waals surface area contributed by atoms with Crippen LogP contribution in [0.25, 0.3) is 6.08 Å². The van der Waals surface area contributed by atoms with Gasteiger partial charge in [-0.2, -0.15) is 0 Å². The van der Waals surface area contributed by atoms with E-state index in [4.69, 9.17) is 4.74 Å². The van der Waals surface area contributed by atoms with Crippen molar-refractivity contribution in [2.24, 2.45) is 0 Å². The number of hydrogen-bond donors (Lipinski definition) is 1. The number of esters is 1. The van der Waals surface area contributed by atoms with E-state index in [1.165, 1.54) is 6.08 Å². The molecule has 0 aliphatic rings. The van der Waals surface area contributed by atoms with Crippen molar-refractivity contribution in [3.8, 4) is 0 Å². The van der Waals surface area contributed by atoms with E-state index in [9.17, 15) is 9.59 Å². The maximum atomic E-state index is 11.6. The summed E-state index contributed by atoms with van der Waals surface area (Å²) in [5.41, 5.74) is 2.01. The zero-order valence-electron chi connectivity index (χ0n) is 13.1. The minimum absolute atomic E-state index is 0.284. The first kappa shape index (κ1) is 17.9. The van der Waals surface area contributed by atoms with Gasteiger partial charge in [0.25, 0.3) is 5.91 Å². The Morgan fingerprint density at radius 3 is 2.50 bits per heavy atom. The van der Waals surface area contributed by atoms with Crippen molar-refractivity contribution in [1.29, 1.82) is 0 Å². The van der Waals surface area contributed by atoms with E-state index in [1.54, 1.807) is 6.08 Å². The van der Waals surface area contributed by atoms with Gasteiger partial charge in [-0.1, -0.05) is 64.5 Å². The minimum Gasteiger partial charge on any atom is -0.452 e. The van der Waals surface area contributed by atoms with Gasteiger partial charge in [-0.25, -0.2) is 4.79 Å². The molecule has 0 aromatic heterocycles. The summed E-state index contributed by atoms with van der Waals surface area (Å²) in [5, 5.41) is 2.72.